The third-order valence-corrected chi connectivity index (χ3v) is 6.01. The third-order valence-electron chi connectivity index (χ3n) is 6.01. The minimum Gasteiger partial charge on any atom is -0.377 e. The van der Waals surface area contributed by atoms with E-state index in [9.17, 15) is 4.79 Å². The summed E-state index contributed by atoms with van der Waals surface area (Å²) in [5, 5.41) is 0. The molecular formula is C19H33NO2. The van der Waals surface area contributed by atoms with Crippen LogP contribution in [0.5, 0.6) is 0 Å². The lowest BCUT2D eigenvalue weighted by Crippen LogP contribution is -2.45. The number of hydrogen-bond donors (Lipinski definition) is 0. The first-order valence-electron chi connectivity index (χ1n) is 9.70. The van der Waals surface area contributed by atoms with Gasteiger partial charge in [-0.05, 0) is 31.6 Å². The highest BCUT2D eigenvalue weighted by Gasteiger charge is 2.34. The molecule has 0 spiro atoms. The van der Waals surface area contributed by atoms with Gasteiger partial charge in [-0.15, -0.1) is 0 Å². The summed E-state index contributed by atoms with van der Waals surface area (Å²) in [6, 6.07) is 0.509. The van der Waals surface area contributed by atoms with Crippen molar-refractivity contribution in [3.05, 3.63) is 0 Å². The molecule has 0 aromatic carbocycles. The topological polar surface area (TPSA) is 29.5 Å². The summed E-state index contributed by atoms with van der Waals surface area (Å²) in [4.78, 5) is 14.0. The molecule has 22 heavy (non-hydrogen) atoms. The van der Waals surface area contributed by atoms with E-state index in [4.69, 9.17) is 4.74 Å². The smallest absolute Gasteiger partial charge is 0.148 e. The quantitative estimate of drug-likeness (QED) is 0.696. The number of ether oxygens (including phenoxy) is 1. The number of rotatable bonds is 6. The van der Waals surface area contributed by atoms with Gasteiger partial charge in [-0.25, -0.2) is 0 Å². The number of ketones is 1. The Bertz CT molecular complexity index is 351. The van der Waals surface area contributed by atoms with E-state index in [1.54, 1.807) is 0 Å². The van der Waals surface area contributed by atoms with Crippen molar-refractivity contribution in [1.82, 2.24) is 4.90 Å². The molecule has 2 aliphatic carbocycles. The van der Waals surface area contributed by atoms with Crippen LogP contribution in [0.2, 0.25) is 0 Å². The van der Waals surface area contributed by atoms with Gasteiger partial charge in [-0.3, -0.25) is 9.69 Å². The highest BCUT2D eigenvalue weighted by Crippen LogP contribution is 2.29. The first-order chi connectivity index (χ1) is 10.8. The lowest BCUT2D eigenvalue weighted by atomic mass is 9.86. The van der Waals surface area contributed by atoms with Crippen LogP contribution in [0.3, 0.4) is 0 Å². The van der Waals surface area contributed by atoms with Gasteiger partial charge in [0.05, 0.1) is 12.6 Å². The van der Waals surface area contributed by atoms with E-state index in [0.717, 1.165) is 25.5 Å². The van der Waals surface area contributed by atoms with Crippen molar-refractivity contribution >= 4 is 5.78 Å². The molecule has 126 valence electrons. The van der Waals surface area contributed by atoms with E-state index in [-0.39, 0.29) is 0 Å². The summed E-state index contributed by atoms with van der Waals surface area (Å²) in [7, 11) is 0. The lowest BCUT2D eigenvalue weighted by molar-refractivity contribution is -0.117. The summed E-state index contributed by atoms with van der Waals surface area (Å²) < 4.78 is 6.28. The molecule has 2 atom stereocenters. The molecule has 1 unspecified atom stereocenters. The molecule has 0 amide bonds. The minimum absolute atomic E-state index is 0.381. The van der Waals surface area contributed by atoms with Gasteiger partial charge in [-0.2, -0.15) is 0 Å². The maximum absolute atomic E-state index is 11.6. The zero-order valence-electron chi connectivity index (χ0n) is 14.1. The molecule has 0 aromatic rings. The molecule has 0 aromatic heterocycles. The van der Waals surface area contributed by atoms with E-state index in [2.05, 4.69) is 4.90 Å². The highest BCUT2D eigenvalue weighted by atomic mass is 16.5. The van der Waals surface area contributed by atoms with Crippen molar-refractivity contribution in [2.45, 2.75) is 89.2 Å². The standard InChI is InChI=1S/C19H33NO2/c21-17-12-13-20(15-17)18-10-4-5-11-19(18)22-14-6-9-16-7-2-1-3-8-16/h16,18-19H,1-15H2/t18?,19-/m0/s1. The Hall–Kier alpha value is -0.410. The predicted octanol–water partition coefficient (Wildman–Crippen LogP) is 3.95. The summed E-state index contributed by atoms with van der Waals surface area (Å²) in [5.41, 5.74) is 0. The maximum Gasteiger partial charge on any atom is 0.148 e. The molecule has 3 aliphatic rings. The fourth-order valence-corrected chi connectivity index (χ4v) is 4.71. The highest BCUT2D eigenvalue weighted by molar-refractivity contribution is 5.82. The van der Waals surface area contributed by atoms with Crippen LogP contribution in [0, 0.1) is 5.92 Å². The second kappa shape index (κ2) is 8.44. The van der Waals surface area contributed by atoms with Gasteiger partial charge in [0.2, 0.25) is 0 Å². The van der Waals surface area contributed by atoms with Crippen molar-refractivity contribution < 1.29 is 9.53 Å². The second-order valence-corrected chi connectivity index (χ2v) is 7.67. The number of nitrogens with zero attached hydrogens (tertiary/aromatic N) is 1. The first-order valence-corrected chi connectivity index (χ1v) is 9.70. The number of likely N-dealkylation sites (tertiary alicyclic amines) is 1. The Kier molecular flexibility index (Phi) is 6.31. The summed E-state index contributed by atoms with van der Waals surface area (Å²) in [6.07, 6.45) is 16.0. The molecule has 1 aliphatic heterocycles. The third kappa shape index (κ3) is 4.55. The molecule has 1 saturated heterocycles. The molecular weight excluding hydrogens is 274 g/mol. The summed E-state index contributed by atoms with van der Waals surface area (Å²) in [5.74, 6) is 1.39. The number of Topliss-reactive ketones (excluding diaryl/α,β-unsaturated/α-hetero) is 1. The van der Waals surface area contributed by atoms with Crippen molar-refractivity contribution in [1.29, 1.82) is 0 Å². The zero-order chi connectivity index (χ0) is 15.2. The number of carbonyl (C=O) groups is 1. The Morgan fingerprint density at radius 2 is 1.77 bits per heavy atom. The Labute approximate surface area is 135 Å². The number of carbonyl (C=O) groups excluding carboxylic acids is 1. The summed E-state index contributed by atoms with van der Waals surface area (Å²) in [6.45, 7) is 2.57. The van der Waals surface area contributed by atoms with Crippen LogP contribution in [0.15, 0.2) is 0 Å². The van der Waals surface area contributed by atoms with Gasteiger partial charge in [0.1, 0.15) is 5.78 Å². The van der Waals surface area contributed by atoms with Crippen LogP contribution in [-0.2, 0) is 9.53 Å². The predicted molar refractivity (Wildman–Crippen MR) is 89.0 cm³/mol. The normalized spacial score (nSPS) is 31.7. The van der Waals surface area contributed by atoms with Gasteiger partial charge in [0.15, 0.2) is 0 Å². The van der Waals surface area contributed by atoms with Crippen molar-refractivity contribution in [2.24, 2.45) is 5.92 Å². The monoisotopic (exact) mass is 307 g/mol. The van der Waals surface area contributed by atoms with Crippen LogP contribution >= 0.6 is 0 Å². The van der Waals surface area contributed by atoms with E-state index < -0.39 is 0 Å². The maximum atomic E-state index is 11.6. The van der Waals surface area contributed by atoms with Crippen LogP contribution in [0.1, 0.15) is 77.0 Å². The van der Waals surface area contributed by atoms with Gasteiger partial charge in [0.25, 0.3) is 0 Å². The van der Waals surface area contributed by atoms with Gasteiger partial charge in [-0.1, -0.05) is 44.9 Å². The first kappa shape index (κ1) is 16.4. The molecule has 3 fully saturated rings. The van der Waals surface area contributed by atoms with Crippen LogP contribution in [0.25, 0.3) is 0 Å². The van der Waals surface area contributed by atoms with Gasteiger partial charge >= 0.3 is 0 Å². The zero-order valence-corrected chi connectivity index (χ0v) is 14.1. The van der Waals surface area contributed by atoms with Crippen molar-refractivity contribution in [3.8, 4) is 0 Å². The Morgan fingerprint density at radius 1 is 1.00 bits per heavy atom. The van der Waals surface area contributed by atoms with E-state index in [0.29, 0.717) is 24.5 Å². The molecule has 1 heterocycles. The van der Waals surface area contributed by atoms with E-state index in [1.807, 2.05) is 0 Å². The van der Waals surface area contributed by atoms with E-state index >= 15 is 0 Å². The molecule has 3 nitrogen and oxygen atoms in total. The SMILES string of the molecule is O=C1CCN(C2CCCC[C@@H]2OCCCC2CCCCC2)C1. The second-order valence-electron chi connectivity index (χ2n) is 7.67. The van der Waals surface area contributed by atoms with Crippen molar-refractivity contribution in [2.75, 3.05) is 19.7 Å². The average Bonchev–Trinajstić information content (AvgIpc) is 2.99. The molecule has 0 N–H and O–H groups in total. The van der Waals surface area contributed by atoms with Gasteiger partial charge in [0, 0.05) is 25.6 Å². The minimum atomic E-state index is 0.381. The number of hydrogen-bond acceptors (Lipinski definition) is 3. The molecule has 3 heteroatoms. The molecule has 0 bridgehead atoms. The largest absolute Gasteiger partial charge is 0.377 e. The van der Waals surface area contributed by atoms with Crippen LogP contribution < -0.4 is 0 Å². The van der Waals surface area contributed by atoms with Gasteiger partial charge < -0.3 is 4.74 Å². The van der Waals surface area contributed by atoms with E-state index in [1.165, 1.54) is 70.6 Å². The lowest BCUT2D eigenvalue weighted by Gasteiger charge is -2.37. The molecule has 0 radical (unpaired) electrons. The Balaban J connectivity index is 1.38. The molecule has 3 rings (SSSR count). The molecule has 2 saturated carbocycles. The van der Waals surface area contributed by atoms with Crippen LogP contribution in [-0.4, -0.2) is 42.5 Å². The fraction of sp³-hybridized carbons (Fsp3) is 0.947. The van der Waals surface area contributed by atoms with Crippen molar-refractivity contribution in [3.63, 3.8) is 0 Å². The van der Waals surface area contributed by atoms with Crippen LogP contribution in [0.4, 0.5) is 0 Å². The Morgan fingerprint density at radius 3 is 2.55 bits per heavy atom. The fourth-order valence-electron chi connectivity index (χ4n) is 4.71. The summed E-state index contributed by atoms with van der Waals surface area (Å²) >= 11 is 0. The average molecular weight is 307 g/mol.